The largest absolute Gasteiger partial charge is 0.497 e. The lowest BCUT2D eigenvalue weighted by atomic mass is 10.2. The second-order valence-corrected chi connectivity index (χ2v) is 6.49. The first-order valence-corrected chi connectivity index (χ1v) is 8.71. The molecule has 3 rings (SSSR count). The third kappa shape index (κ3) is 3.87. The van der Waals surface area contributed by atoms with Gasteiger partial charge in [-0.1, -0.05) is 0 Å². The molecule has 1 heterocycles. The van der Waals surface area contributed by atoms with Gasteiger partial charge in [-0.15, -0.1) is 11.3 Å². The number of carboxylic acid groups (broad SMARTS) is 1. The minimum atomic E-state index is -0.933. The van der Waals surface area contributed by atoms with Crippen LogP contribution in [0.2, 0.25) is 0 Å². The second kappa shape index (κ2) is 7.37. The molecule has 2 N–H and O–H groups in total. The van der Waals surface area contributed by atoms with E-state index in [9.17, 15) is 4.79 Å². The van der Waals surface area contributed by atoms with Crippen LogP contribution in [0.15, 0.2) is 58.9 Å². The minimum Gasteiger partial charge on any atom is -0.497 e. The van der Waals surface area contributed by atoms with Crippen molar-refractivity contribution in [2.24, 2.45) is 0 Å². The third-order valence-electron chi connectivity index (χ3n) is 3.23. The van der Waals surface area contributed by atoms with E-state index in [2.05, 4.69) is 9.71 Å². The van der Waals surface area contributed by atoms with Crippen molar-refractivity contribution in [2.75, 3.05) is 11.8 Å². The van der Waals surface area contributed by atoms with Crippen LogP contribution in [0.25, 0.3) is 10.6 Å². The Morgan fingerprint density at radius 3 is 2.50 bits per heavy atom. The van der Waals surface area contributed by atoms with E-state index < -0.39 is 5.97 Å². The Bertz CT molecular complexity index is 830. The Balaban J connectivity index is 1.64. The molecule has 0 aliphatic heterocycles. The predicted octanol–water partition coefficient (Wildman–Crippen LogP) is 4.64. The molecule has 122 valence electrons. The van der Waals surface area contributed by atoms with Crippen LogP contribution >= 0.6 is 23.3 Å². The predicted molar refractivity (Wildman–Crippen MR) is 97.0 cm³/mol. The molecular formula is C17H14N2O3S2. The van der Waals surface area contributed by atoms with Gasteiger partial charge in [-0.05, 0) is 48.5 Å². The molecule has 5 nitrogen and oxygen atoms in total. The fraction of sp³-hybridized carbons (Fsp3) is 0.0588. The van der Waals surface area contributed by atoms with Gasteiger partial charge >= 0.3 is 5.97 Å². The minimum absolute atomic E-state index is 0.265. The number of ether oxygens (including phenoxy) is 1. The van der Waals surface area contributed by atoms with Gasteiger partial charge in [0.05, 0.1) is 12.7 Å². The molecule has 3 aromatic rings. The second-order valence-electron chi connectivity index (χ2n) is 4.81. The first-order chi connectivity index (χ1) is 11.7. The molecular weight excluding hydrogens is 344 g/mol. The molecule has 0 saturated carbocycles. The summed E-state index contributed by atoms with van der Waals surface area (Å²) < 4.78 is 8.31. The molecule has 0 saturated heterocycles. The maximum absolute atomic E-state index is 10.8. The van der Waals surface area contributed by atoms with Gasteiger partial charge in [-0.2, -0.15) is 0 Å². The first kappa shape index (κ1) is 16.4. The van der Waals surface area contributed by atoms with Crippen LogP contribution in [0, 0.1) is 0 Å². The van der Waals surface area contributed by atoms with E-state index in [1.165, 1.54) is 11.9 Å². The smallest absolute Gasteiger partial charge is 0.335 e. The lowest BCUT2D eigenvalue weighted by Crippen LogP contribution is -1.95. The van der Waals surface area contributed by atoms with Gasteiger partial charge in [-0.25, -0.2) is 9.78 Å². The van der Waals surface area contributed by atoms with Crippen molar-refractivity contribution in [1.82, 2.24) is 4.98 Å². The fourth-order valence-electron chi connectivity index (χ4n) is 1.96. The van der Waals surface area contributed by atoms with E-state index in [-0.39, 0.29) is 5.56 Å². The Hall–Kier alpha value is -2.51. The number of rotatable bonds is 6. The summed E-state index contributed by atoms with van der Waals surface area (Å²) in [5.74, 6) is -0.116. The van der Waals surface area contributed by atoms with E-state index >= 15 is 0 Å². The van der Waals surface area contributed by atoms with Crippen LogP contribution in [0.3, 0.4) is 0 Å². The number of aromatic carboxylic acids is 1. The lowest BCUT2D eigenvalue weighted by Gasteiger charge is -2.03. The number of thiazole rings is 1. The zero-order valence-electron chi connectivity index (χ0n) is 12.7. The van der Waals surface area contributed by atoms with Crippen LogP contribution in [0.1, 0.15) is 10.4 Å². The van der Waals surface area contributed by atoms with Gasteiger partial charge in [0.2, 0.25) is 0 Å². The summed E-state index contributed by atoms with van der Waals surface area (Å²) in [5.41, 5.74) is 2.13. The number of hydrogen-bond acceptors (Lipinski definition) is 6. The SMILES string of the molecule is COc1ccc(-c2nc(SNc3ccc(C(=O)O)cc3)cs2)cc1. The first-order valence-electron chi connectivity index (χ1n) is 7.02. The molecule has 1 aromatic heterocycles. The molecule has 0 atom stereocenters. The molecule has 0 aliphatic carbocycles. The number of anilines is 1. The average Bonchev–Trinajstić information content (AvgIpc) is 3.09. The van der Waals surface area contributed by atoms with Crippen molar-refractivity contribution in [3.8, 4) is 16.3 Å². The Kier molecular flexibility index (Phi) is 5.02. The van der Waals surface area contributed by atoms with Gasteiger partial charge in [0.15, 0.2) is 0 Å². The third-order valence-corrected chi connectivity index (χ3v) is 5.02. The lowest BCUT2D eigenvalue weighted by molar-refractivity contribution is 0.0697. The molecule has 0 aliphatic rings. The highest BCUT2D eigenvalue weighted by atomic mass is 32.2. The zero-order chi connectivity index (χ0) is 16.9. The van der Waals surface area contributed by atoms with Crippen molar-refractivity contribution in [1.29, 1.82) is 0 Å². The molecule has 0 fully saturated rings. The Morgan fingerprint density at radius 1 is 1.17 bits per heavy atom. The molecule has 7 heteroatoms. The average molecular weight is 358 g/mol. The number of aromatic nitrogens is 1. The van der Waals surface area contributed by atoms with Gasteiger partial charge in [0.25, 0.3) is 0 Å². The number of nitrogens with one attached hydrogen (secondary N) is 1. The molecule has 0 bridgehead atoms. The van der Waals surface area contributed by atoms with Crippen molar-refractivity contribution >= 4 is 34.9 Å². The maximum Gasteiger partial charge on any atom is 0.335 e. The van der Waals surface area contributed by atoms with E-state index in [0.717, 1.165) is 27.0 Å². The van der Waals surface area contributed by atoms with Crippen LogP contribution in [-0.4, -0.2) is 23.2 Å². The van der Waals surface area contributed by atoms with Gasteiger partial charge in [-0.3, -0.25) is 0 Å². The number of hydrogen-bond donors (Lipinski definition) is 2. The summed E-state index contributed by atoms with van der Waals surface area (Å²) in [6.07, 6.45) is 0. The molecule has 0 spiro atoms. The Morgan fingerprint density at radius 2 is 1.88 bits per heavy atom. The van der Waals surface area contributed by atoms with E-state index in [4.69, 9.17) is 9.84 Å². The monoisotopic (exact) mass is 358 g/mol. The van der Waals surface area contributed by atoms with Crippen molar-refractivity contribution in [3.05, 3.63) is 59.5 Å². The highest BCUT2D eigenvalue weighted by Crippen LogP contribution is 2.30. The summed E-state index contributed by atoms with van der Waals surface area (Å²) >= 11 is 2.96. The molecule has 0 amide bonds. The number of methoxy groups -OCH3 is 1. The molecule has 24 heavy (non-hydrogen) atoms. The number of carbonyl (C=O) groups is 1. The van der Waals surface area contributed by atoms with Crippen LogP contribution in [0.4, 0.5) is 5.69 Å². The standard InChI is InChI=1S/C17H14N2O3S2/c1-22-14-8-4-11(5-9-14)16-18-15(10-23-16)24-19-13-6-2-12(3-7-13)17(20)21/h2-10,19H,1H3,(H,20,21). The van der Waals surface area contributed by atoms with Crippen LogP contribution < -0.4 is 9.46 Å². The van der Waals surface area contributed by atoms with E-state index in [1.807, 2.05) is 29.6 Å². The summed E-state index contributed by atoms with van der Waals surface area (Å²) in [6, 6.07) is 14.4. The summed E-state index contributed by atoms with van der Waals surface area (Å²) in [7, 11) is 1.64. The van der Waals surface area contributed by atoms with Crippen molar-refractivity contribution in [3.63, 3.8) is 0 Å². The van der Waals surface area contributed by atoms with E-state index in [0.29, 0.717) is 0 Å². The quantitative estimate of drug-likeness (QED) is 0.626. The zero-order valence-corrected chi connectivity index (χ0v) is 14.4. The highest BCUT2D eigenvalue weighted by Gasteiger charge is 2.07. The van der Waals surface area contributed by atoms with Crippen molar-refractivity contribution < 1.29 is 14.6 Å². The van der Waals surface area contributed by atoms with Crippen molar-refractivity contribution in [2.45, 2.75) is 5.03 Å². The van der Waals surface area contributed by atoms with Crippen LogP contribution in [0.5, 0.6) is 5.75 Å². The molecule has 2 aromatic carbocycles. The topological polar surface area (TPSA) is 71.5 Å². The van der Waals surface area contributed by atoms with Gasteiger partial charge in [0, 0.05) is 28.6 Å². The van der Waals surface area contributed by atoms with Gasteiger partial charge in [0.1, 0.15) is 15.8 Å². The molecule has 0 radical (unpaired) electrons. The summed E-state index contributed by atoms with van der Waals surface area (Å²) in [4.78, 5) is 15.4. The molecule has 0 unspecified atom stereocenters. The number of benzene rings is 2. The summed E-state index contributed by atoms with van der Waals surface area (Å²) in [6.45, 7) is 0. The van der Waals surface area contributed by atoms with Crippen LogP contribution in [-0.2, 0) is 0 Å². The Labute approximate surface area is 147 Å². The highest BCUT2D eigenvalue weighted by molar-refractivity contribution is 8.00. The van der Waals surface area contributed by atoms with Gasteiger partial charge < -0.3 is 14.6 Å². The number of nitrogens with zero attached hydrogens (tertiary/aromatic N) is 1. The maximum atomic E-state index is 10.8. The summed E-state index contributed by atoms with van der Waals surface area (Å²) in [5, 5.41) is 12.6. The fourth-order valence-corrected chi connectivity index (χ4v) is 3.54. The van der Waals surface area contributed by atoms with E-state index in [1.54, 1.807) is 42.7 Å². The number of carboxylic acids is 1. The normalized spacial score (nSPS) is 10.4.